The first-order valence-electron chi connectivity index (χ1n) is 10.9. The number of nitrogens with one attached hydrogen (secondary N) is 2. The molecule has 7 nitrogen and oxygen atoms in total. The van der Waals surface area contributed by atoms with Gasteiger partial charge < -0.3 is 14.4 Å². The summed E-state index contributed by atoms with van der Waals surface area (Å²) in [4.78, 5) is 19.8. The van der Waals surface area contributed by atoms with Gasteiger partial charge in [0.1, 0.15) is 6.04 Å². The molecule has 1 saturated heterocycles. The minimum Gasteiger partial charge on any atom is -0.454 e. The maximum atomic E-state index is 13.6. The first kappa shape index (κ1) is 19.3. The van der Waals surface area contributed by atoms with Crippen molar-refractivity contribution < 1.29 is 14.3 Å². The zero-order valence-corrected chi connectivity index (χ0v) is 17.0. The molecule has 30 heavy (non-hydrogen) atoms. The second-order valence-electron chi connectivity index (χ2n) is 8.36. The van der Waals surface area contributed by atoms with Crippen LogP contribution in [0.4, 0.5) is 0 Å². The molecule has 2 atom stereocenters. The van der Waals surface area contributed by atoms with Crippen molar-refractivity contribution in [3.05, 3.63) is 53.9 Å². The van der Waals surface area contributed by atoms with Gasteiger partial charge in [0.25, 0.3) is 0 Å². The van der Waals surface area contributed by atoms with E-state index in [1.807, 2.05) is 30.3 Å². The normalized spacial score (nSPS) is 23.5. The Bertz CT molecular complexity index is 885. The fourth-order valence-electron chi connectivity index (χ4n) is 4.73. The summed E-state index contributed by atoms with van der Waals surface area (Å²) >= 11 is 0. The molecule has 2 unspecified atom stereocenters. The van der Waals surface area contributed by atoms with Gasteiger partial charge in [-0.2, -0.15) is 0 Å². The van der Waals surface area contributed by atoms with Gasteiger partial charge in [0, 0.05) is 31.0 Å². The lowest BCUT2D eigenvalue weighted by atomic mass is 9.92. The molecule has 7 heteroatoms. The fraction of sp³-hybridized carbons (Fsp3) is 0.478. The molecule has 158 valence electrons. The largest absolute Gasteiger partial charge is 0.454 e. The molecule has 0 bridgehead atoms. The number of rotatable bonds is 5. The summed E-state index contributed by atoms with van der Waals surface area (Å²) in [5.74, 6) is 1.72. The molecule has 1 amide bonds. The van der Waals surface area contributed by atoms with E-state index in [2.05, 4.69) is 20.7 Å². The highest BCUT2D eigenvalue weighted by Crippen LogP contribution is 2.36. The first-order chi connectivity index (χ1) is 14.8. The number of fused-ring (bicyclic) bond motifs is 1. The van der Waals surface area contributed by atoms with Crippen LogP contribution >= 0.6 is 0 Å². The third kappa shape index (κ3) is 4.00. The molecular weight excluding hydrogens is 380 g/mol. The van der Waals surface area contributed by atoms with Crippen molar-refractivity contribution in [2.45, 2.75) is 63.2 Å². The Labute approximate surface area is 176 Å². The average molecular weight is 409 g/mol. The van der Waals surface area contributed by atoms with Crippen molar-refractivity contribution in [3.63, 3.8) is 0 Å². The number of hydrogen-bond donors (Lipinski definition) is 2. The van der Waals surface area contributed by atoms with Crippen LogP contribution in [0.3, 0.4) is 0 Å². The Balaban J connectivity index is 1.30. The van der Waals surface area contributed by atoms with E-state index in [4.69, 9.17) is 9.47 Å². The van der Waals surface area contributed by atoms with Crippen molar-refractivity contribution in [3.8, 4) is 11.5 Å². The highest BCUT2D eigenvalue weighted by Gasteiger charge is 2.36. The number of amides is 1. The predicted molar refractivity (Wildman–Crippen MR) is 112 cm³/mol. The zero-order chi connectivity index (χ0) is 20.3. The summed E-state index contributed by atoms with van der Waals surface area (Å²) < 4.78 is 10.9. The summed E-state index contributed by atoms with van der Waals surface area (Å²) in [5.41, 5.74) is 8.79. The van der Waals surface area contributed by atoms with E-state index in [1.165, 1.54) is 19.3 Å². The van der Waals surface area contributed by atoms with E-state index < -0.39 is 0 Å². The quantitative estimate of drug-likeness (QED) is 0.792. The Morgan fingerprint density at radius 2 is 1.83 bits per heavy atom. The number of carbonyl (C=O) groups is 1. The SMILES string of the molecule is O=C(C1CC(c2ccc3c(c2)OCO3)NN1)N(Cc1ccncc1)C1CCCCC1. The van der Waals surface area contributed by atoms with Gasteiger partial charge in [0.2, 0.25) is 12.7 Å². The third-order valence-electron chi connectivity index (χ3n) is 6.40. The maximum Gasteiger partial charge on any atom is 0.241 e. The maximum absolute atomic E-state index is 13.6. The Kier molecular flexibility index (Phi) is 5.55. The van der Waals surface area contributed by atoms with E-state index in [1.54, 1.807) is 12.4 Å². The topological polar surface area (TPSA) is 75.7 Å². The summed E-state index contributed by atoms with van der Waals surface area (Å²) in [6, 6.07) is 10.1. The number of ether oxygens (including phenoxy) is 2. The Morgan fingerprint density at radius 3 is 2.67 bits per heavy atom. The summed E-state index contributed by atoms with van der Waals surface area (Å²) in [6.07, 6.45) is 10.1. The molecule has 1 aromatic heterocycles. The van der Waals surface area contributed by atoms with Gasteiger partial charge in [0.15, 0.2) is 11.5 Å². The fourth-order valence-corrected chi connectivity index (χ4v) is 4.73. The van der Waals surface area contributed by atoms with Gasteiger partial charge in [-0.1, -0.05) is 25.3 Å². The van der Waals surface area contributed by atoms with Gasteiger partial charge in [-0.05, 0) is 54.7 Å². The van der Waals surface area contributed by atoms with Crippen LogP contribution in [0.25, 0.3) is 0 Å². The Hall–Kier alpha value is -2.64. The molecule has 0 spiro atoms. The van der Waals surface area contributed by atoms with Crippen LogP contribution in [0.5, 0.6) is 11.5 Å². The molecule has 2 aromatic rings. The molecule has 1 saturated carbocycles. The molecular formula is C23H28N4O3. The first-order valence-corrected chi connectivity index (χ1v) is 10.9. The van der Waals surface area contributed by atoms with Crippen LogP contribution in [0.1, 0.15) is 55.7 Å². The lowest BCUT2D eigenvalue weighted by Gasteiger charge is -2.36. The van der Waals surface area contributed by atoms with Crippen LogP contribution in [0, 0.1) is 0 Å². The summed E-state index contributed by atoms with van der Waals surface area (Å²) in [6.45, 7) is 0.903. The van der Waals surface area contributed by atoms with E-state index >= 15 is 0 Å². The lowest BCUT2D eigenvalue weighted by molar-refractivity contribution is -0.137. The smallest absolute Gasteiger partial charge is 0.241 e. The van der Waals surface area contributed by atoms with E-state index in [0.29, 0.717) is 19.0 Å². The van der Waals surface area contributed by atoms with Crippen molar-refractivity contribution in [1.29, 1.82) is 0 Å². The van der Waals surface area contributed by atoms with Crippen molar-refractivity contribution in [2.24, 2.45) is 0 Å². The second kappa shape index (κ2) is 8.62. The number of hydrazine groups is 1. The number of aromatic nitrogens is 1. The number of hydrogen-bond acceptors (Lipinski definition) is 6. The molecule has 1 aromatic carbocycles. The standard InChI is InChI=1S/C23H28N4O3/c28-23(27(18-4-2-1-3-5-18)14-16-8-10-24-11-9-16)20-13-19(25-26-20)17-6-7-21-22(12-17)30-15-29-21/h6-12,18-20,25-26H,1-5,13-15H2. The molecule has 2 aliphatic heterocycles. The van der Waals surface area contributed by atoms with Gasteiger partial charge in [-0.25, -0.2) is 10.9 Å². The molecule has 2 fully saturated rings. The molecule has 2 N–H and O–H groups in total. The molecule has 3 heterocycles. The number of benzene rings is 1. The Morgan fingerprint density at radius 1 is 1.03 bits per heavy atom. The van der Waals surface area contributed by atoms with Gasteiger partial charge in [-0.15, -0.1) is 0 Å². The summed E-state index contributed by atoms with van der Waals surface area (Å²) in [7, 11) is 0. The van der Waals surface area contributed by atoms with E-state index in [9.17, 15) is 4.79 Å². The third-order valence-corrected chi connectivity index (χ3v) is 6.40. The molecule has 5 rings (SSSR count). The second-order valence-corrected chi connectivity index (χ2v) is 8.36. The minimum absolute atomic E-state index is 0.0579. The van der Waals surface area contributed by atoms with Crippen LogP contribution in [-0.4, -0.2) is 34.7 Å². The van der Waals surface area contributed by atoms with Crippen LogP contribution in [0.15, 0.2) is 42.7 Å². The van der Waals surface area contributed by atoms with Crippen LogP contribution < -0.4 is 20.3 Å². The number of nitrogens with zero attached hydrogens (tertiary/aromatic N) is 2. The molecule has 1 aliphatic carbocycles. The number of pyridine rings is 1. The zero-order valence-electron chi connectivity index (χ0n) is 17.0. The van der Waals surface area contributed by atoms with E-state index in [0.717, 1.165) is 35.5 Å². The summed E-state index contributed by atoms with van der Waals surface area (Å²) in [5, 5.41) is 0. The molecule has 3 aliphatic rings. The number of carbonyl (C=O) groups excluding carboxylic acids is 1. The average Bonchev–Trinajstić information content (AvgIpc) is 3.47. The lowest BCUT2D eigenvalue weighted by Crippen LogP contribution is -2.49. The highest BCUT2D eigenvalue weighted by molar-refractivity contribution is 5.82. The van der Waals surface area contributed by atoms with Crippen molar-refractivity contribution in [2.75, 3.05) is 6.79 Å². The minimum atomic E-state index is -0.246. The van der Waals surface area contributed by atoms with Gasteiger partial charge >= 0.3 is 0 Å². The van der Waals surface area contributed by atoms with Crippen LogP contribution in [-0.2, 0) is 11.3 Å². The van der Waals surface area contributed by atoms with Crippen molar-refractivity contribution in [1.82, 2.24) is 20.7 Å². The monoisotopic (exact) mass is 408 g/mol. The van der Waals surface area contributed by atoms with E-state index in [-0.39, 0.29) is 24.8 Å². The van der Waals surface area contributed by atoms with Gasteiger partial charge in [-0.3, -0.25) is 9.78 Å². The van der Waals surface area contributed by atoms with Gasteiger partial charge in [0.05, 0.1) is 0 Å². The van der Waals surface area contributed by atoms with Crippen LogP contribution in [0.2, 0.25) is 0 Å². The highest BCUT2D eigenvalue weighted by atomic mass is 16.7. The predicted octanol–water partition coefficient (Wildman–Crippen LogP) is 3.08. The van der Waals surface area contributed by atoms with Crippen molar-refractivity contribution >= 4 is 5.91 Å². The molecule has 0 radical (unpaired) electrons.